The molecule has 0 bridgehead atoms. The van der Waals surface area contributed by atoms with Crippen molar-refractivity contribution in [2.24, 2.45) is 23.2 Å². The van der Waals surface area contributed by atoms with Gasteiger partial charge in [0.25, 0.3) is 0 Å². The molecule has 3 heteroatoms. The van der Waals surface area contributed by atoms with Crippen molar-refractivity contribution >= 4 is 5.78 Å². The normalized spacial score (nSPS) is 38.4. The fraction of sp³-hybridized carbons (Fsp3) is 0.759. The largest absolute Gasteiger partial charge is 0.377 e. The Bertz CT molecular complexity index is 896. The van der Waals surface area contributed by atoms with Gasteiger partial charge in [-0.05, 0) is 106 Å². The predicted molar refractivity (Wildman–Crippen MR) is 129 cm³/mol. The quantitative estimate of drug-likeness (QED) is 0.587. The maximum atomic E-state index is 12.0. The third-order valence-electron chi connectivity index (χ3n) is 9.73. The first kappa shape index (κ1) is 22.4. The zero-order chi connectivity index (χ0) is 22.5. The van der Waals surface area contributed by atoms with Gasteiger partial charge in [-0.15, -0.1) is 0 Å². The summed E-state index contributed by atoms with van der Waals surface area (Å²) in [5.74, 6) is 9.03. The Morgan fingerprint density at radius 3 is 2.59 bits per heavy atom. The van der Waals surface area contributed by atoms with Gasteiger partial charge in [0.2, 0.25) is 0 Å². The highest BCUT2D eigenvalue weighted by molar-refractivity contribution is 5.93. The lowest BCUT2D eigenvalue weighted by atomic mass is 9.55. The summed E-state index contributed by atoms with van der Waals surface area (Å²) in [6, 6.07) is 0.255. The number of rotatable bonds is 2. The molecule has 1 N–H and O–H groups in total. The number of hydrogen-bond donors (Lipinski definition) is 1. The molecule has 5 rings (SSSR count). The molecule has 0 spiro atoms. The van der Waals surface area contributed by atoms with E-state index in [-0.39, 0.29) is 11.5 Å². The molecule has 1 heterocycles. The van der Waals surface area contributed by atoms with Gasteiger partial charge in [-0.25, -0.2) is 0 Å². The van der Waals surface area contributed by atoms with E-state index in [2.05, 4.69) is 37.5 Å². The summed E-state index contributed by atoms with van der Waals surface area (Å²) in [4.78, 5) is 14.5. The van der Waals surface area contributed by atoms with Gasteiger partial charge in [0, 0.05) is 11.8 Å². The minimum atomic E-state index is -0.866. The first-order chi connectivity index (χ1) is 15.3. The number of nitrogens with zero attached hydrogens (tertiary/aromatic N) is 1. The number of likely N-dealkylation sites (tertiary alicyclic amines) is 1. The van der Waals surface area contributed by atoms with Gasteiger partial charge >= 0.3 is 0 Å². The van der Waals surface area contributed by atoms with Crippen LogP contribution in [-0.2, 0) is 4.79 Å². The van der Waals surface area contributed by atoms with Gasteiger partial charge in [-0.1, -0.05) is 44.6 Å². The van der Waals surface area contributed by atoms with Crippen LogP contribution in [0, 0.1) is 35.0 Å². The predicted octanol–water partition coefficient (Wildman–Crippen LogP) is 5.44. The number of carbonyl (C=O) groups is 1. The van der Waals surface area contributed by atoms with Gasteiger partial charge in [0.05, 0.1) is 6.04 Å². The Morgan fingerprint density at radius 2 is 1.84 bits per heavy atom. The van der Waals surface area contributed by atoms with E-state index in [4.69, 9.17) is 0 Å². The van der Waals surface area contributed by atoms with Crippen molar-refractivity contribution in [1.29, 1.82) is 0 Å². The molecule has 1 aliphatic heterocycles. The van der Waals surface area contributed by atoms with Crippen LogP contribution in [0.4, 0.5) is 0 Å². The number of allylic oxidation sites excluding steroid dienone is 4. The molecule has 0 aromatic rings. The zero-order valence-corrected chi connectivity index (χ0v) is 20.4. The molecular weight excluding hydrogens is 394 g/mol. The van der Waals surface area contributed by atoms with Gasteiger partial charge in [-0.3, -0.25) is 9.69 Å². The Balaban J connectivity index is 1.41. The Hall–Kier alpha value is -1.37. The molecular formula is C29H41NO2. The zero-order valence-electron chi connectivity index (χ0n) is 20.4. The number of carbonyl (C=O) groups excluding carboxylic acids is 1. The molecule has 1 saturated heterocycles. The van der Waals surface area contributed by atoms with Gasteiger partial charge in [0.15, 0.2) is 5.78 Å². The van der Waals surface area contributed by atoms with Gasteiger partial charge in [-0.2, -0.15) is 0 Å². The monoisotopic (exact) mass is 435 g/mol. The molecule has 4 aliphatic carbocycles. The molecule has 5 aliphatic rings. The standard InChI is InChI=1S/C29H41NO2/c1-20(2)27(30-17-5-4-6-18-30)13-16-29(32)15-12-26-25-9-7-21-19-22(31)8-10-23(21)24(25)11-14-28(26,29)3/h19-20,25-27,32H,4-12,14-15,17-18H2,1-3H3/t25-,26+,27?,28+,29-/m1/s1. The summed E-state index contributed by atoms with van der Waals surface area (Å²) >= 11 is 0. The van der Waals surface area contributed by atoms with Crippen LogP contribution in [0.1, 0.15) is 91.4 Å². The van der Waals surface area contributed by atoms with Crippen LogP contribution < -0.4 is 0 Å². The third kappa shape index (κ3) is 3.63. The molecule has 32 heavy (non-hydrogen) atoms. The van der Waals surface area contributed by atoms with Crippen LogP contribution in [-0.4, -0.2) is 40.5 Å². The molecule has 174 valence electrons. The molecule has 0 amide bonds. The second-order valence-corrected chi connectivity index (χ2v) is 11.8. The van der Waals surface area contributed by atoms with Crippen LogP contribution in [0.15, 0.2) is 22.8 Å². The Kier molecular flexibility index (Phi) is 5.92. The SMILES string of the molecule is CC(C)C(C#C[C@]1(O)CC[C@H]2[C@@H]3CCC4=CC(=O)CCC4=C3CC[C@@]21C)N1CCCCC1. The lowest BCUT2D eigenvalue weighted by Crippen LogP contribution is -2.49. The lowest BCUT2D eigenvalue weighted by Gasteiger charge is -2.50. The van der Waals surface area contributed by atoms with E-state index >= 15 is 0 Å². The number of fused-ring (bicyclic) bond motifs is 4. The molecule has 3 nitrogen and oxygen atoms in total. The molecule has 2 saturated carbocycles. The number of hydrogen-bond acceptors (Lipinski definition) is 3. The minimum absolute atomic E-state index is 0.121. The van der Waals surface area contributed by atoms with Crippen molar-refractivity contribution in [1.82, 2.24) is 4.90 Å². The molecule has 0 aromatic carbocycles. The maximum Gasteiger partial charge on any atom is 0.156 e. The summed E-state index contributed by atoms with van der Waals surface area (Å²) in [6.45, 7) is 9.18. The van der Waals surface area contributed by atoms with Gasteiger partial charge < -0.3 is 5.11 Å². The smallest absolute Gasteiger partial charge is 0.156 e. The fourth-order valence-corrected chi connectivity index (χ4v) is 7.82. The summed E-state index contributed by atoms with van der Waals surface area (Å²) < 4.78 is 0. The molecule has 0 aromatic heterocycles. The molecule has 3 fully saturated rings. The van der Waals surface area contributed by atoms with Crippen molar-refractivity contribution in [2.75, 3.05) is 13.1 Å². The Morgan fingerprint density at radius 1 is 1.06 bits per heavy atom. The molecule has 1 unspecified atom stereocenters. The number of ketones is 1. The maximum absolute atomic E-state index is 12.0. The van der Waals surface area contributed by atoms with Crippen molar-refractivity contribution in [3.63, 3.8) is 0 Å². The van der Waals surface area contributed by atoms with Crippen molar-refractivity contribution in [2.45, 2.75) is 103 Å². The average molecular weight is 436 g/mol. The number of aliphatic hydroxyl groups is 1. The Labute approximate surface area is 194 Å². The van der Waals surface area contributed by atoms with E-state index in [0.717, 1.165) is 58.0 Å². The van der Waals surface area contributed by atoms with Crippen molar-refractivity contribution in [3.8, 4) is 11.8 Å². The second-order valence-electron chi connectivity index (χ2n) is 11.8. The van der Waals surface area contributed by atoms with Gasteiger partial charge in [0.1, 0.15) is 5.60 Å². The highest BCUT2D eigenvalue weighted by Gasteiger charge is 2.60. The van der Waals surface area contributed by atoms with E-state index in [1.54, 1.807) is 5.57 Å². The summed E-state index contributed by atoms with van der Waals surface area (Å²) in [5, 5.41) is 12.0. The van der Waals surface area contributed by atoms with Crippen LogP contribution in [0.2, 0.25) is 0 Å². The van der Waals surface area contributed by atoms with Crippen molar-refractivity contribution in [3.05, 3.63) is 22.8 Å². The fourth-order valence-electron chi connectivity index (χ4n) is 7.82. The van der Waals surface area contributed by atoms with Crippen LogP contribution >= 0.6 is 0 Å². The highest BCUT2D eigenvalue weighted by atomic mass is 16.3. The van der Waals surface area contributed by atoms with Crippen LogP contribution in [0.5, 0.6) is 0 Å². The summed E-state index contributed by atoms with van der Waals surface area (Å²) in [6.07, 6.45) is 13.6. The number of piperidine rings is 1. The van der Waals surface area contributed by atoms with Crippen LogP contribution in [0.25, 0.3) is 0 Å². The highest BCUT2D eigenvalue weighted by Crippen LogP contribution is 2.63. The van der Waals surface area contributed by atoms with E-state index in [9.17, 15) is 9.90 Å². The topological polar surface area (TPSA) is 40.5 Å². The first-order valence-electron chi connectivity index (χ1n) is 13.3. The average Bonchev–Trinajstić information content (AvgIpc) is 3.05. The van der Waals surface area contributed by atoms with E-state index in [1.807, 2.05) is 6.08 Å². The van der Waals surface area contributed by atoms with E-state index < -0.39 is 5.60 Å². The van der Waals surface area contributed by atoms with E-state index in [0.29, 0.717) is 30.0 Å². The van der Waals surface area contributed by atoms with E-state index in [1.165, 1.54) is 30.4 Å². The van der Waals surface area contributed by atoms with Crippen molar-refractivity contribution < 1.29 is 9.90 Å². The molecule has 0 radical (unpaired) electrons. The third-order valence-corrected chi connectivity index (χ3v) is 9.73. The molecule has 5 atom stereocenters. The lowest BCUT2D eigenvalue weighted by molar-refractivity contribution is -0.114. The van der Waals surface area contributed by atoms with Crippen LogP contribution in [0.3, 0.4) is 0 Å². The summed E-state index contributed by atoms with van der Waals surface area (Å²) in [7, 11) is 0. The summed E-state index contributed by atoms with van der Waals surface area (Å²) in [5.41, 5.74) is 3.47. The minimum Gasteiger partial charge on any atom is -0.377 e. The first-order valence-corrected chi connectivity index (χ1v) is 13.3. The second kappa shape index (κ2) is 8.44.